The molecule has 0 aliphatic carbocycles. The molecule has 1 saturated heterocycles. The van der Waals surface area contributed by atoms with Crippen LogP contribution in [0.4, 0.5) is 0 Å². The summed E-state index contributed by atoms with van der Waals surface area (Å²) in [6, 6.07) is 1.97. The number of carbonyl (C=O) groups is 1. The number of rotatable bonds is 2. The molecular weight excluding hydrogens is 228 g/mol. The van der Waals surface area contributed by atoms with Gasteiger partial charge in [0.15, 0.2) is 0 Å². The highest BCUT2D eigenvalue weighted by atomic mass is 35.5. The van der Waals surface area contributed by atoms with Crippen LogP contribution in [0.5, 0.6) is 0 Å². The van der Waals surface area contributed by atoms with Crippen LogP contribution in [0.3, 0.4) is 0 Å². The molecule has 1 aliphatic rings. The zero-order valence-corrected chi connectivity index (χ0v) is 10.0. The number of H-pyrrole nitrogens is 1. The van der Waals surface area contributed by atoms with E-state index in [1.54, 1.807) is 12.3 Å². The molecule has 3 N–H and O–H groups in total. The first-order valence-corrected chi connectivity index (χ1v) is 5.22. The van der Waals surface area contributed by atoms with Gasteiger partial charge in [0.2, 0.25) is 0 Å². The highest BCUT2D eigenvalue weighted by Gasteiger charge is 2.32. The smallest absolute Gasteiger partial charge is 0.272 e. The van der Waals surface area contributed by atoms with Gasteiger partial charge >= 0.3 is 0 Å². The molecule has 2 heterocycles. The summed E-state index contributed by atoms with van der Waals surface area (Å²) in [6.07, 6.45) is 2.59. The zero-order valence-electron chi connectivity index (χ0n) is 9.22. The number of aromatic nitrogens is 2. The summed E-state index contributed by atoms with van der Waals surface area (Å²) in [5.41, 5.74) is 6.17. The molecule has 0 aromatic carbocycles. The minimum atomic E-state index is 0. The molecule has 1 aromatic rings. The van der Waals surface area contributed by atoms with Gasteiger partial charge in [-0.25, -0.2) is 0 Å². The number of halogens is 1. The maximum absolute atomic E-state index is 12.0. The third kappa shape index (κ3) is 2.36. The van der Waals surface area contributed by atoms with Crippen LogP contribution in [0.2, 0.25) is 0 Å². The van der Waals surface area contributed by atoms with Crippen molar-refractivity contribution >= 4 is 18.3 Å². The quantitative estimate of drug-likeness (QED) is 0.802. The molecule has 0 bridgehead atoms. The fourth-order valence-electron chi connectivity index (χ4n) is 2.13. The van der Waals surface area contributed by atoms with Crippen LogP contribution in [-0.4, -0.2) is 40.1 Å². The molecule has 2 unspecified atom stereocenters. The molecular formula is C10H17ClN4O. The van der Waals surface area contributed by atoms with Gasteiger partial charge < -0.3 is 10.6 Å². The molecule has 2 atom stereocenters. The Balaban J connectivity index is 0.00000128. The minimum Gasteiger partial charge on any atom is -0.334 e. The molecule has 6 heteroatoms. The van der Waals surface area contributed by atoms with Crippen molar-refractivity contribution in [2.45, 2.75) is 19.4 Å². The monoisotopic (exact) mass is 244 g/mol. The Labute approximate surface area is 101 Å². The molecule has 0 saturated carbocycles. The predicted molar refractivity (Wildman–Crippen MR) is 63.5 cm³/mol. The number of hydrogen-bond donors (Lipinski definition) is 2. The number of carbonyl (C=O) groups excluding carboxylic acids is 1. The predicted octanol–water partition coefficient (Wildman–Crippen LogP) is 0.641. The Morgan fingerprint density at radius 2 is 2.50 bits per heavy atom. The van der Waals surface area contributed by atoms with Crippen LogP contribution in [-0.2, 0) is 0 Å². The second-order valence-electron chi connectivity index (χ2n) is 4.11. The first-order valence-electron chi connectivity index (χ1n) is 5.22. The van der Waals surface area contributed by atoms with Gasteiger partial charge in [-0.3, -0.25) is 9.89 Å². The number of likely N-dealkylation sites (tertiary alicyclic amines) is 1. The number of nitrogens with zero attached hydrogens (tertiary/aromatic N) is 2. The van der Waals surface area contributed by atoms with Crippen LogP contribution in [0, 0.1) is 5.92 Å². The topological polar surface area (TPSA) is 75.0 Å². The van der Waals surface area contributed by atoms with Gasteiger partial charge in [-0.2, -0.15) is 5.10 Å². The highest BCUT2D eigenvalue weighted by molar-refractivity contribution is 5.92. The Morgan fingerprint density at radius 3 is 3.00 bits per heavy atom. The second-order valence-corrected chi connectivity index (χ2v) is 4.11. The molecule has 1 aromatic heterocycles. The lowest BCUT2D eigenvalue weighted by atomic mass is 10.1. The molecule has 16 heavy (non-hydrogen) atoms. The van der Waals surface area contributed by atoms with Crippen molar-refractivity contribution in [2.24, 2.45) is 11.7 Å². The molecule has 90 valence electrons. The lowest BCUT2D eigenvalue weighted by molar-refractivity contribution is 0.0737. The van der Waals surface area contributed by atoms with E-state index in [2.05, 4.69) is 17.1 Å². The van der Waals surface area contributed by atoms with Gasteiger partial charge in [0.1, 0.15) is 5.69 Å². The summed E-state index contributed by atoms with van der Waals surface area (Å²) in [6.45, 7) is 3.47. The first-order chi connectivity index (χ1) is 7.22. The number of nitrogens with two attached hydrogens (primary N) is 1. The molecule has 1 fully saturated rings. The normalized spacial score (nSPS) is 24.2. The van der Waals surface area contributed by atoms with Gasteiger partial charge in [-0.1, -0.05) is 0 Å². The van der Waals surface area contributed by atoms with E-state index >= 15 is 0 Å². The van der Waals surface area contributed by atoms with Gasteiger partial charge in [-0.15, -0.1) is 12.4 Å². The summed E-state index contributed by atoms with van der Waals surface area (Å²) < 4.78 is 0. The fraction of sp³-hybridized carbons (Fsp3) is 0.600. The van der Waals surface area contributed by atoms with Gasteiger partial charge in [0.05, 0.1) is 0 Å². The molecule has 0 radical (unpaired) electrons. The highest BCUT2D eigenvalue weighted by Crippen LogP contribution is 2.23. The van der Waals surface area contributed by atoms with Crippen molar-refractivity contribution in [2.75, 3.05) is 13.1 Å². The van der Waals surface area contributed by atoms with E-state index in [0.717, 1.165) is 13.0 Å². The van der Waals surface area contributed by atoms with Crippen LogP contribution >= 0.6 is 12.4 Å². The maximum Gasteiger partial charge on any atom is 0.272 e. The van der Waals surface area contributed by atoms with Crippen LogP contribution in [0.1, 0.15) is 23.8 Å². The van der Waals surface area contributed by atoms with Crippen LogP contribution < -0.4 is 5.73 Å². The zero-order chi connectivity index (χ0) is 10.8. The van der Waals surface area contributed by atoms with Gasteiger partial charge in [0, 0.05) is 18.8 Å². The van der Waals surface area contributed by atoms with Crippen molar-refractivity contribution in [3.05, 3.63) is 18.0 Å². The second kappa shape index (κ2) is 5.32. The molecule has 2 rings (SSSR count). The van der Waals surface area contributed by atoms with E-state index < -0.39 is 0 Å². The Hall–Kier alpha value is -1.07. The number of hydrogen-bond acceptors (Lipinski definition) is 3. The van der Waals surface area contributed by atoms with Crippen LogP contribution in [0.15, 0.2) is 12.3 Å². The maximum atomic E-state index is 12.0. The minimum absolute atomic E-state index is 0. The average Bonchev–Trinajstić information content (AvgIpc) is 2.85. The van der Waals surface area contributed by atoms with Crippen LogP contribution in [0.25, 0.3) is 0 Å². The number of nitrogens with one attached hydrogen (secondary N) is 1. The Kier molecular flexibility index (Phi) is 4.32. The van der Waals surface area contributed by atoms with Crippen molar-refractivity contribution < 1.29 is 4.79 Å². The van der Waals surface area contributed by atoms with E-state index in [1.807, 2.05) is 4.90 Å². The average molecular weight is 245 g/mol. The third-order valence-corrected chi connectivity index (χ3v) is 2.99. The number of amides is 1. The SMILES string of the molecule is CC1CC(CN)CN1C(=O)c1ccn[nH]1.Cl. The van der Waals surface area contributed by atoms with Crippen molar-refractivity contribution in [3.8, 4) is 0 Å². The lowest BCUT2D eigenvalue weighted by Crippen LogP contribution is -2.34. The van der Waals surface area contributed by atoms with Crippen molar-refractivity contribution in [3.63, 3.8) is 0 Å². The van der Waals surface area contributed by atoms with Gasteiger partial charge in [0.25, 0.3) is 5.91 Å². The first kappa shape index (κ1) is 13.0. The third-order valence-electron chi connectivity index (χ3n) is 2.99. The lowest BCUT2D eigenvalue weighted by Gasteiger charge is -2.20. The molecule has 0 spiro atoms. The summed E-state index contributed by atoms with van der Waals surface area (Å²) in [5.74, 6) is 0.461. The van der Waals surface area contributed by atoms with E-state index in [9.17, 15) is 4.79 Å². The number of aromatic amines is 1. The Bertz CT molecular complexity index is 341. The fourth-order valence-corrected chi connectivity index (χ4v) is 2.13. The van der Waals surface area contributed by atoms with E-state index in [1.165, 1.54) is 0 Å². The Morgan fingerprint density at radius 1 is 1.75 bits per heavy atom. The summed E-state index contributed by atoms with van der Waals surface area (Å²) in [5, 5.41) is 6.48. The summed E-state index contributed by atoms with van der Waals surface area (Å²) >= 11 is 0. The molecule has 5 nitrogen and oxygen atoms in total. The largest absolute Gasteiger partial charge is 0.334 e. The van der Waals surface area contributed by atoms with Crippen molar-refractivity contribution in [1.29, 1.82) is 0 Å². The van der Waals surface area contributed by atoms with E-state index in [0.29, 0.717) is 18.2 Å². The van der Waals surface area contributed by atoms with E-state index in [4.69, 9.17) is 5.73 Å². The van der Waals surface area contributed by atoms with E-state index in [-0.39, 0.29) is 24.4 Å². The molecule has 1 amide bonds. The summed E-state index contributed by atoms with van der Waals surface area (Å²) in [7, 11) is 0. The van der Waals surface area contributed by atoms with Crippen molar-refractivity contribution in [1.82, 2.24) is 15.1 Å². The standard InChI is InChI=1S/C10H16N4O.ClH/c1-7-4-8(5-11)6-14(7)10(15)9-2-3-12-13-9;/h2-3,7-8H,4-6,11H2,1H3,(H,12,13);1H. The summed E-state index contributed by atoms with van der Waals surface area (Å²) in [4.78, 5) is 13.9. The van der Waals surface area contributed by atoms with Gasteiger partial charge in [-0.05, 0) is 31.9 Å². The molecule has 1 aliphatic heterocycles.